The van der Waals surface area contributed by atoms with Crippen molar-refractivity contribution in [3.63, 3.8) is 0 Å². The van der Waals surface area contributed by atoms with E-state index >= 15 is 0 Å². The van der Waals surface area contributed by atoms with Gasteiger partial charge in [0.25, 0.3) is 0 Å². The van der Waals surface area contributed by atoms with Gasteiger partial charge < -0.3 is 15.4 Å². The summed E-state index contributed by atoms with van der Waals surface area (Å²) in [5.41, 5.74) is 5.12. The first-order chi connectivity index (χ1) is 8.54. The zero-order chi connectivity index (χ0) is 15.1. The van der Waals surface area contributed by atoms with Crippen molar-refractivity contribution in [2.75, 3.05) is 13.7 Å². The molecule has 1 rings (SSSR count). The predicted octanol–water partition coefficient (Wildman–Crippen LogP) is 2.17. The molecule has 0 saturated heterocycles. The van der Waals surface area contributed by atoms with Crippen LogP contribution in [0.2, 0.25) is 0 Å². The summed E-state index contributed by atoms with van der Waals surface area (Å²) in [6.07, 6.45) is 1.59. The maximum absolute atomic E-state index is 12.8. The van der Waals surface area contributed by atoms with Gasteiger partial charge in [-0.15, -0.1) is 0 Å². The maximum atomic E-state index is 12.8. The van der Waals surface area contributed by atoms with Crippen molar-refractivity contribution < 1.29 is 9.53 Å². The molecule has 1 aliphatic carbocycles. The van der Waals surface area contributed by atoms with Crippen LogP contribution >= 0.6 is 0 Å². The quantitative estimate of drug-likeness (QED) is 0.833. The largest absolute Gasteiger partial charge is 0.378 e. The number of likely N-dealkylation sites (N-methyl/N-ethyl adjacent to an activating group) is 1. The Morgan fingerprint density at radius 2 is 1.95 bits per heavy atom. The molecule has 1 fully saturated rings. The van der Waals surface area contributed by atoms with Crippen LogP contribution in [0.15, 0.2) is 0 Å². The number of carbonyl (C=O) groups excluding carboxylic acids is 1. The van der Waals surface area contributed by atoms with Crippen LogP contribution in [0.5, 0.6) is 0 Å². The van der Waals surface area contributed by atoms with Crippen LogP contribution in [0.4, 0.5) is 0 Å². The Bertz CT molecular complexity index is 352. The van der Waals surface area contributed by atoms with Crippen LogP contribution in [0.25, 0.3) is 0 Å². The molecule has 0 bridgehead atoms. The van der Waals surface area contributed by atoms with Crippen molar-refractivity contribution in [1.29, 1.82) is 0 Å². The van der Waals surface area contributed by atoms with E-state index in [-0.39, 0.29) is 23.0 Å². The lowest BCUT2D eigenvalue weighted by Gasteiger charge is -2.59. The molecule has 2 atom stereocenters. The van der Waals surface area contributed by atoms with Crippen LogP contribution in [0.1, 0.15) is 54.4 Å². The summed E-state index contributed by atoms with van der Waals surface area (Å²) in [5, 5.41) is 0. The van der Waals surface area contributed by atoms with E-state index in [1.165, 1.54) is 0 Å². The van der Waals surface area contributed by atoms with E-state index in [4.69, 9.17) is 10.5 Å². The lowest BCUT2D eigenvalue weighted by Crippen LogP contribution is -2.76. The van der Waals surface area contributed by atoms with E-state index < -0.39 is 5.54 Å². The van der Waals surface area contributed by atoms with Crippen molar-refractivity contribution in [1.82, 2.24) is 4.90 Å². The lowest BCUT2D eigenvalue weighted by atomic mass is 9.54. The average molecular weight is 270 g/mol. The molecular formula is C15H30N2O2. The van der Waals surface area contributed by atoms with Gasteiger partial charge in [-0.2, -0.15) is 0 Å². The number of nitrogens with two attached hydrogens (primary N) is 1. The summed E-state index contributed by atoms with van der Waals surface area (Å²) in [6, 6.07) is 0. The fourth-order valence-corrected chi connectivity index (χ4v) is 2.61. The molecule has 0 aromatic heterocycles. The highest BCUT2D eigenvalue weighted by molar-refractivity contribution is 5.89. The first-order valence-corrected chi connectivity index (χ1v) is 7.23. The zero-order valence-electron chi connectivity index (χ0n) is 13.5. The van der Waals surface area contributed by atoms with Gasteiger partial charge in [-0.1, -0.05) is 20.8 Å². The second kappa shape index (κ2) is 5.06. The van der Waals surface area contributed by atoms with Gasteiger partial charge in [-0.25, -0.2) is 0 Å². The first kappa shape index (κ1) is 16.4. The third-order valence-electron chi connectivity index (χ3n) is 5.29. The molecule has 0 radical (unpaired) electrons. The van der Waals surface area contributed by atoms with Gasteiger partial charge in [0.2, 0.25) is 5.91 Å². The van der Waals surface area contributed by atoms with E-state index in [0.29, 0.717) is 13.0 Å². The van der Waals surface area contributed by atoms with Crippen molar-refractivity contribution in [2.45, 2.75) is 71.6 Å². The van der Waals surface area contributed by atoms with Gasteiger partial charge >= 0.3 is 0 Å². The van der Waals surface area contributed by atoms with Gasteiger partial charge in [0.1, 0.15) is 5.54 Å². The predicted molar refractivity (Wildman–Crippen MR) is 77.9 cm³/mol. The minimum Gasteiger partial charge on any atom is -0.378 e. The molecule has 0 aromatic carbocycles. The molecule has 0 heterocycles. The highest BCUT2D eigenvalue weighted by atomic mass is 16.5. The second-order valence-corrected chi connectivity index (χ2v) is 6.87. The van der Waals surface area contributed by atoms with Crippen molar-refractivity contribution in [3.05, 3.63) is 0 Å². The van der Waals surface area contributed by atoms with Crippen LogP contribution in [0.3, 0.4) is 0 Å². The molecule has 112 valence electrons. The van der Waals surface area contributed by atoms with E-state index in [2.05, 4.69) is 20.8 Å². The van der Waals surface area contributed by atoms with Gasteiger partial charge in [-0.05, 0) is 27.2 Å². The van der Waals surface area contributed by atoms with Crippen LogP contribution in [-0.4, -0.2) is 41.6 Å². The summed E-state index contributed by atoms with van der Waals surface area (Å²) in [7, 11) is 1.85. The fraction of sp³-hybridized carbons (Fsp3) is 0.933. The Labute approximate surface area is 117 Å². The SMILES string of the molecule is CCOC1CC(N)(C(=O)N(C)C(C)(C)CC)C1(C)C. The van der Waals surface area contributed by atoms with Gasteiger partial charge in [-0.3, -0.25) is 4.79 Å². The minimum atomic E-state index is -0.811. The number of rotatable bonds is 5. The van der Waals surface area contributed by atoms with Crippen LogP contribution < -0.4 is 5.73 Å². The molecule has 2 N–H and O–H groups in total. The Morgan fingerprint density at radius 3 is 2.32 bits per heavy atom. The van der Waals surface area contributed by atoms with Crippen LogP contribution in [0, 0.1) is 5.41 Å². The average Bonchev–Trinajstić information content (AvgIpc) is 2.36. The minimum absolute atomic E-state index is 0.0281. The number of hydrogen-bond acceptors (Lipinski definition) is 3. The molecule has 4 heteroatoms. The number of carbonyl (C=O) groups is 1. The number of amides is 1. The molecule has 1 saturated carbocycles. The number of ether oxygens (including phenoxy) is 1. The van der Waals surface area contributed by atoms with Gasteiger partial charge in [0, 0.05) is 31.0 Å². The van der Waals surface area contributed by atoms with Crippen LogP contribution in [-0.2, 0) is 9.53 Å². The van der Waals surface area contributed by atoms with E-state index in [0.717, 1.165) is 6.42 Å². The summed E-state index contributed by atoms with van der Waals surface area (Å²) < 4.78 is 5.68. The summed E-state index contributed by atoms with van der Waals surface area (Å²) >= 11 is 0. The summed E-state index contributed by atoms with van der Waals surface area (Å²) in [5.74, 6) is 0.0281. The molecule has 0 aliphatic heterocycles. The normalized spacial score (nSPS) is 29.8. The highest BCUT2D eigenvalue weighted by Gasteiger charge is 2.64. The molecule has 0 spiro atoms. The molecule has 1 amide bonds. The Morgan fingerprint density at radius 1 is 1.42 bits per heavy atom. The summed E-state index contributed by atoms with van der Waals surface area (Å²) in [4.78, 5) is 14.6. The molecule has 19 heavy (non-hydrogen) atoms. The highest BCUT2D eigenvalue weighted by Crippen LogP contribution is 2.51. The van der Waals surface area contributed by atoms with Gasteiger partial charge in [0.05, 0.1) is 6.10 Å². The van der Waals surface area contributed by atoms with Crippen molar-refractivity contribution in [3.8, 4) is 0 Å². The lowest BCUT2D eigenvalue weighted by molar-refractivity contribution is -0.182. The van der Waals surface area contributed by atoms with E-state index in [1.807, 2.05) is 27.8 Å². The molecular weight excluding hydrogens is 240 g/mol. The molecule has 2 unspecified atom stereocenters. The molecule has 1 aliphatic rings. The van der Waals surface area contributed by atoms with Gasteiger partial charge in [0.15, 0.2) is 0 Å². The first-order valence-electron chi connectivity index (χ1n) is 7.23. The Hall–Kier alpha value is -0.610. The van der Waals surface area contributed by atoms with E-state index in [9.17, 15) is 4.79 Å². The second-order valence-electron chi connectivity index (χ2n) is 6.87. The van der Waals surface area contributed by atoms with Crippen molar-refractivity contribution in [2.24, 2.45) is 11.1 Å². The third-order valence-corrected chi connectivity index (χ3v) is 5.29. The maximum Gasteiger partial charge on any atom is 0.243 e. The zero-order valence-corrected chi connectivity index (χ0v) is 13.5. The fourth-order valence-electron chi connectivity index (χ4n) is 2.61. The smallest absolute Gasteiger partial charge is 0.243 e. The van der Waals surface area contributed by atoms with E-state index in [1.54, 1.807) is 4.90 Å². The number of hydrogen-bond donors (Lipinski definition) is 1. The third kappa shape index (κ3) is 2.40. The van der Waals surface area contributed by atoms with Crippen molar-refractivity contribution >= 4 is 5.91 Å². The Balaban J connectivity index is 2.89. The Kier molecular flexibility index (Phi) is 4.38. The topological polar surface area (TPSA) is 55.6 Å². The monoisotopic (exact) mass is 270 g/mol. The standard InChI is InChI=1S/C15H30N2O2/c1-8-13(3,4)17(7)12(18)15(16)10-11(19-9-2)14(15,5)6/h11H,8-10,16H2,1-7H3. The molecule has 0 aromatic rings. The number of nitrogens with zero attached hydrogens (tertiary/aromatic N) is 1. The summed E-state index contributed by atoms with van der Waals surface area (Å²) in [6.45, 7) is 12.9. The molecule has 4 nitrogen and oxygen atoms in total.